The van der Waals surface area contributed by atoms with Crippen molar-refractivity contribution in [2.45, 2.75) is 51.9 Å². The molecule has 0 spiro atoms. The average Bonchev–Trinajstić information content (AvgIpc) is 2.42. The van der Waals surface area contributed by atoms with E-state index in [0.717, 1.165) is 0 Å². The van der Waals surface area contributed by atoms with E-state index in [4.69, 9.17) is 19.2 Å². The fraction of sp³-hybridized carbons (Fsp3) is 0.750. The Morgan fingerprint density at radius 2 is 1.83 bits per heavy atom. The van der Waals surface area contributed by atoms with Crippen LogP contribution < -0.4 is 0 Å². The van der Waals surface area contributed by atoms with Crippen molar-refractivity contribution in [1.82, 2.24) is 0 Å². The molecule has 1 aliphatic heterocycles. The topological polar surface area (TPSA) is 65.0 Å². The smallest absolute Gasteiger partial charge is 0.479 e. The number of carboxylic acid groups (broad SMARTS) is 1. The maximum absolute atomic E-state index is 10.5. The lowest BCUT2D eigenvalue weighted by Gasteiger charge is -2.32. The second-order valence-electron chi connectivity index (χ2n) is 5.37. The van der Waals surface area contributed by atoms with Crippen LogP contribution in [0.15, 0.2) is 12.1 Å². The molecule has 0 aliphatic carbocycles. The van der Waals surface area contributed by atoms with Gasteiger partial charge < -0.3 is 19.2 Å². The van der Waals surface area contributed by atoms with Crippen molar-refractivity contribution in [1.29, 1.82) is 0 Å². The molecule has 6 heteroatoms. The molecular formula is C12H21BO5. The van der Waals surface area contributed by atoms with Crippen LogP contribution in [0.25, 0.3) is 0 Å². The van der Waals surface area contributed by atoms with Crippen molar-refractivity contribution in [3.63, 3.8) is 0 Å². The van der Waals surface area contributed by atoms with Gasteiger partial charge in [0.15, 0.2) is 6.10 Å². The van der Waals surface area contributed by atoms with Gasteiger partial charge in [-0.2, -0.15) is 0 Å². The van der Waals surface area contributed by atoms with Gasteiger partial charge in [0.2, 0.25) is 0 Å². The quantitative estimate of drug-likeness (QED) is 0.758. The van der Waals surface area contributed by atoms with Gasteiger partial charge >= 0.3 is 13.1 Å². The molecule has 0 amide bonds. The molecule has 1 N–H and O–H groups in total. The molecule has 1 saturated heterocycles. The Morgan fingerprint density at radius 1 is 1.33 bits per heavy atom. The first-order valence-electron chi connectivity index (χ1n) is 6.02. The molecule has 0 radical (unpaired) electrons. The minimum absolute atomic E-state index is 0.220. The van der Waals surface area contributed by atoms with E-state index in [-0.39, 0.29) is 17.8 Å². The Bertz CT molecular complexity index is 321. The summed E-state index contributed by atoms with van der Waals surface area (Å²) in [5, 5.41) is 8.63. The highest BCUT2D eigenvalue weighted by atomic mass is 16.7. The summed E-state index contributed by atoms with van der Waals surface area (Å²) in [5.41, 5.74) is -0.728. The van der Waals surface area contributed by atoms with Crippen LogP contribution in [-0.2, 0) is 18.8 Å². The summed E-state index contributed by atoms with van der Waals surface area (Å²) in [4.78, 5) is 10.5. The third-order valence-corrected chi connectivity index (χ3v) is 3.35. The van der Waals surface area contributed by atoms with Crippen molar-refractivity contribution in [3.8, 4) is 0 Å². The van der Waals surface area contributed by atoms with Crippen LogP contribution in [-0.4, -0.2) is 42.1 Å². The number of aliphatic carboxylic acids is 1. The fourth-order valence-electron chi connectivity index (χ4n) is 1.41. The van der Waals surface area contributed by atoms with E-state index in [1.54, 1.807) is 12.1 Å². The predicted molar refractivity (Wildman–Crippen MR) is 68.3 cm³/mol. The molecule has 1 rings (SSSR count). The number of hydrogen-bond acceptors (Lipinski definition) is 4. The standard InChI is InChI=1S/C12H21BO5/c1-9(10(14)15)16-8-6-7-13-17-11(2,3)12(4,5)18-13/h6-7,9H,8H2,1-5H3,(H,14,15)/b7-6+. The summed E-state index contributed by atoms with van der Waals surface area (Å²) in [6.45, 7) is 9.61. The first-order chi connectivity index (χ1) is 8.16. The van der Waals surface area contributed by atoms with E-state index < -0.39 is 19.2 Å². The number of carbonyl (C=O) groups is 1. The minimum Gasteiger partial charge on any atom is -0.479 e. The molecule has 5 nitrogen and oxygen atoms in total. The zero-order valence-electron chi connectivity index (χ0n) is 11.6. The van der Waals surface area contributed by atoms with Gasteiger partial charge in [0, 0.05) is 0 Å². The third-order valence-electron chi connectivity index (χ3n) is 3.35. The van der Waals surface area contributed by atoms with E-state index >= 15 is 0 Å². The van der Waals surface area contributed by atoms with Gasteiger partial charge in [0.25, 0.3) is 0 Å². The van der Waals surface area contributed by atoms with Gasteiger partial charge in [0.1, 0.15) is 0 Å². The largest absolute Gasteiger partial charge is 0.486 e. The summed E-state index contributed by atoms with van der Waals surface area (Å²) >= 11 is 0. The van der Waals surface area contributed by atoms with Gasteiger partial charge in [0.05, 0.1) is 17.8 Å². The molecule has 102 valence electrons. The van der Waals surface area contributed by atoms with Crippen molar-refractivity contribution in [2.75, 3.05) is 6.61 Å². The zero-order valence-corrected chi connectivity index (χ0v) is 11.6. The lowest BCUT2D eigenvalue weighted by atomic mass is 9.90. The predicted octanol–water partition coefficient (Wildman–Crippen LogP) is 1.66. The Labute approximate surface area is 108 Å². The van der Waals surface area contributed by atoms with Crippen LogP contribution in [0.4, 0.5) is 0 Å². The Balaban J connectivity index is 2.39. The van der Waals surface area contributed by atoms with E-state index in [1.165, 1.54) is 6.92 Å². The molecule has 1 atom stereocenters. The molecule has 1 heterocycles. The number of carboxylic acids is 1. The fourth-order valence-corrected chi connectivity index (χ4v) is 1.41. The highest BCUT2D eigenvalue weighted by molar-refractivity contribution is 6.51. The Morgan fingerprint density at radius 3 is 2.28 bits per heavy atom. The van der Waals surface area contributed by atoms with Crippen LogP contribution in [0.2, 0.25) is 0 Å². The van der Waals surface area contributed by atoms with E-state index in [9.17, 15) is 4.79 Å². The molecule has 0 aromatic heterocycles. The lowest BCUT2D eigenvalue weighted by Crippen LogP contribution is -2.41. The molecular weight excluding hydrogens is 235 g/mol. The van der Waals surface area contributed by atoms with Crippen LogP contribution in [0, 0.1) is 0 Å². The first-order valence-corrected chi connectivity index (χ1v) is 6.02. The maximum atomic E-state index is 10.5. The number of ether oxygens (including phenoxy) is 1. The first kappa shape index (κ1) is 15.2. The van der Waals surface area contributed by atoms with Gasteiger partial charge in [-0.3, -0.25) is 0 Å². The van der Waals surface area contributed by atoms with Gasteiger partial charge in [-0.1, -0.05) is 12.1 Å². The highest BCUT2D eigenvalue weighted by Gasteiger charge is 2.49. The van der Waals surface area contributed by atoms with Crippen LogP contribution in [0.3, 0.4) is 0 Å². The average molecular weight is 256 g/mol. The maximum Gasteiger partial charge on any atom is 0.486 e. The summed E-state index contributed by atoms with van der Waals surface area (Å²) in [6.07, 6.45) is 0.898. The van der Waals surface area contributed by atoms with Crippen LogP contribution >= 0.6 is 0 Å². The summed E-state index contributed by atoms with van der Waals surface area (Å²) in [5.74, 6) is 0.768. The number of hydrogen-bond donors (Lipinski definition) is 1. The summed E-state index contributed by atoms with van der Waals surface area (Å²) < 4.78 is 16.5. The van der Waals surface area contributed by atoms with Crippen molar-refractivity contribution >= 4 is 13.1 Å². The van der Waals surface area contributed by atoms with Gasteiger partial charge in [-0.15, -0.1) is 0 Å². The minimum atomic E-state index is -0.973. The molecule has 1 fully saturated rings. The summed E-state index contributed by atoms with van der Waals surface area (Å²) in [7, 11) is -0.418. The van der Waals surface area contributed by atoms with E-state index in [2.05, 4.69) is 0 Å². The Kier molecular flexibility index (Phi) is 4.58. The second kappa shape index (κ2) is 5.42. The zero-order chi connectivity index (χ0) is 14.0. The van der Waals surface area contributed by atoms with Gasteiger partial charge in [-0.05, 0) is 34.6 Å². The molecule has 1 aliphatic rings. The molecule has 0 aromatic rings. The lowest BCUT2D eigenvalue weighted by molar-refractivity contribution is -0.148. The third kappa shape index (κ3) is 3.57. The monoisotopic (exact) mass is 256 g/mol. The molecule has 18 heavy (non-hydrogen) atoms. The van der Waals surface area contributed by atoms with Crippen LogP contribution in [0.1, 0.15) is 34.6 Å². The highest BCUT2D eigenvalue weighted by Crippen LogP contribution is 2.36. The van der Waals surface area contributed by atoms with E-state index in [0.29, 0.717) is 0 Å². The molecule has 0 saturated carbocycles. The molecule has 0 aromatic carbocycles. The second-order valence-corrected chi connectivity index (χ2v) is 5.37. The normalized spacial score (nSPS) is 23.5. The van der Waals surface area contributed by atoms with Crippen molar-refractivity contribution in [3.05, 3.63) is 12.1 Å². The van der Waals surface area contributed by atoms with Gasteiger partial charge in [-0.25, -0.2) is 4.79 Å². The van der Waals surface area contributed by atoms with Crippen molar-refractivity contribution in [2.24, 2.45) is 0 Å². The molecule has 1 unspecified atom stereocenters. The number of rotatable bonds is 5. The summed E-state index contributed by atoms with van der Waals surface area (Å²) in [6, 6.07) is 0. The Hall–Kier alpha value is -0.845. The molecule has 0 bridgehead atoms. The van der Waals surface area contributed by atoms with Crippen LogP contribution in [0.5, 0.6) is 0 Å². The van der Waals surface area contributed by atoms with E-state index in [1.807, 2.05) is 27.7 Å². The SMILES string of the molecule is CC(OC/C=C/B1OC(C)(C)C(C)(C)O1)C(=O)O. The van der Waals surface area contributed by atoms with Crippen molar-refractivity contribution < 1.29 is 23.9 Å².